The molecule has 2 aromatic rings. The summed E-state index contributed by atoms with van der Waals surface area (Å²) in [5.74, 6) is 0. The lowest BCUT2D eigenvalue weighted by Gasteiger charge is -2.40. The number of hydrogen-bond acceptors (Lipinski definition) is 6. The maximum atomic E-state index is 10.4. The van der Waals surface area contributed by atoms with Crippen molar-refractivity contribution in [2.45, 2.75) is 62.3 Å². The minimum atomic E-state index is -1.41. The maximum Gasteiger partial charge on any atom is 0.113 e. The molecule has 2 aliphatic rings. The van der Waals surface area contributed by atoms with Gasteiger partial charge in [-0.1, -0.05) is 48.0 Å². The first-order valence-electron chi connectivity index (χ1n) is 10.8. The third-order valence-corrected chi connectivity index (χ3v) is 6.59. The highest BCUT2D eigenvalue weighted by Gasteiger charge is 2.44. The zero-order chi connectivity index (χ0) is 22.0. The number of halogens is 1. The Morgan fingerprint density at radius 3 is 2.32 bits per heavy atom. The van der Waals surface area contributed by atoms with Crippen LogP contribution < -0.4 is 0 Å². The molecule has 1 unspecified atom stereocenters. The van der Waals surface area contributed by atoms with Crippen LogP contribution in [0, 0.1) is 0 Å². The second kappa shape index (κ2) is 9.96. The maximum absolute atomic E-state index is 10.4. The van der Waals surface area contributed by atoms with Crippen LogP contribution in [0.3, 0.4) is 0 Å². The molecule has 168 valence electrons. The van der Waals surface area contributed by atoms with Crippen LogP contribution in [0.5, 0.6) is 0 Å². The summed E-state index contributed by atoms with van der Waals surface area (Å²) in [5, 5.41) is 40.5. The monoisotopic (exact) mass is 448 g/mol. The summed E-state index contributed by atoms with van der Waals surface area (Å²) >= 11 is 6.43. The molecule has 0 radical (unpaired) electrons. The molecule has 2 fully saturated rings. The van der Waals surface area contributed by atoms with Crippen molar-refractivity contribution < 1.29 is 29.9 Å². The highest BCUT2D eigenvalue weighted by molar-refractivity contribution is 6.31. The fraction of sp³-hybridized carbons (Fsp3) is 0.500. The Morgan fingerprint density at radius 1 is 0.903 bits per heavy atom. The lowest BCUT2D eigenvalue weighted by atomic mass is 9.90. The first-order valence-corrected chi connectivity index (χ1v) is 11.1. The van der Waals surface area contributed by atoms with Crippen LogP contribution in [0.15, 0.2) is 42.5 Å². The Hall–Kier alpha value is -1.51. The summed E-state index contributed by atoms with van der Waals surface area (Å²) in [7, 11) is 0. The molecule has 2 saturated heterocycles. The van der Waals surface area contributed by atoms with Gasteiger partial charge in [0.15, 0.2) is 0 Å². The van der Waals surface area contributed by atoms with Crippen LogP contribution >= 0.6 is 11.6 Å². The third-order valence-electron chi connectivity index (χ3n) is 6.22. The van der Waals surface area contributed by atoms with Gasteiger partial charge in [0.1, 0.15) is 30.5 Å². The van der Waals surface area contributed by atoms with Crippen LogP contribution in [0.25, 0.3) is 0 Å². The second-order valence-electron chi connectivity index (χ2n) is 8.37. The fourth-order valence-corrected chi connectivity index (χ4v) is 4.54. The predicted octanol–water partition coefficient (Wildman–Crippen LogP) is 2.69. The van der Waals surface area contributed by atoms with E-state index in [1.807, 2.05) is 6.07 Å². The van der Waals surface area contributed by atoms with Crippen molar-refractivity contribution in [3.63, 3.8) is 0 Å². The molecule has 2 aromatic carbocycles. The predicted molar refractivity (Wildman–Crippen MR) is 116 cm³/mol. The average molecular weight is 449 g/mol. The summed E-state index contributed by atoms with van der Waals surface area (Å²) in [6.07, 6.45) is -1.82. The lowest BCUT2D eigenvalue weighted by Crippen LogP contribution is -2.55. The van der Waals surface area contributed by atoms with Crippen molar-refractivity contribution in [3.05, 3.63) is 69.7 Å². The minimum absolute atomic E-state index is 0.168. The van der Waals surface area contributed by atoms with E-state index in [2.05, 4.69) is 24.3 Å². The van der Waals surface area contributed by atoms with Crippen LogP contribution in [-0.4, -0.2) is 58.1 Å². The zero-order valence-corrected chi connectivity index (χ0v) is 18.0. The molecule has 0 aromatic heterocycles. The Morgan fingerprint density at radius 2 is 1.65 bits per heavy atom. The number of aliphatic hydroxyl groups is 4. The summed E-state index contributed by atoms with van der Waals surface area (Å²) in [6.45, 7) is 0.353. The van der Waals surface area contributed by atoms with E-state index in [4.69, 9.17) is 21.1 Å². The molecular weight excluding hydrogens is 420 g/mol. The van der Waals surface area contributed by atoms with Gasteiger partial charge in [-0.3, -0.25) is 0 Å². The van der Waals surface area contributed by atoms with Gasteiger partial charge in [-0.25, -0.2) is 0 Å². The van der Waals surface area contributed by atoms with E-state index < -0.39 is 37.1 Å². The molecule has 0 amide bonds. The second-order valence-corrected chi connectivity index (χ2v) is 8.78. The summed E-state index contributed by atoms with van der Waals surface area (Å²) in [5.41, 5.74) is 3.76. The van der Waals surface area contributed by atoms with Crippen LogP contribution in [-0.2, 0) is 15.9 Å². The quantitative estimate of drug-likeness (QED) is 0.561. The van der Waals surface area contributed by atoms with Gasteiger partial charge in [0.2, 0.25) is 0 Å². The van der Waals surface area contributed by atoms with Gasteiger partial charge in [-0.15, -0.1) is 0 Å². The van der Waals surface area contributed by atoms with Gasteiger partial charge in [0, 0.05) is 11.6 Å². The van der Waals surface area contributed by atoms with E-state index >= 15 is 0 Å². The number of aliphatic hydroxyl groups excluding tert-OH is 4. The molecule has 4 N–H and O–H groups in total. The SMILES string of the molecule is OC[C@H]1O[C@@H](c2ccc(Cl)c(Cc3ccc(C4CCCCO4)cc3)c2)[C@H](O)[C@@H](O)[C@@H]1O. The molecule has 0 aliphatic carbocycles. The number of benzene rings is 2. The smallest absolute Gasteiger partial charge is 0.113 e. The molecular formula is C24H29ClO6. The highest BCUT2D eigenvalue weighted by atomic mass is 35.5. The molecule has 0 spiro atoms. The number of ether oxygens (including phenoxy) is 2. The summed E-state index contributed by atoms with van der Waals surface area (Å²) in [6, 6.07) is 13.6. The van der Waals surface area contributed by atoms with Crippen molar-refractivity contribution in [1.82, 2.24) is 0 Å². The van der Waals surface area contributed by atoms with Crippen LogP contribution in [0.4, 0.5) is 0 Å². The van der Waals surface area contributed by atoms with Gasteiger partial charge in [0.05, 0.1) is 12.7 Å². The number of rotatable bonds is 5. The van der Waals surface area contributed by atoms with Crippen molar-refractivity contribution >= 4 is 11.6 Å². The molecule has 2 aliphatic heterocycles. The molecule has 6 nitrogen and oxygen atoms in total. The Balaban J connectivity index is 1.51. The van der Waals surface area contributed by atoms with Crippen LogP contribution in [0.1, 0.15) is 53.7 Å². The lowest BCUT2D eigenvalue weighted by molar-refractivity contribution is -0.231. The van der Waals surface area contributed by atoms with Gasteiger partial charge < -0.3 is 29.9 Å². The van der Waals surface area contributed by atoms with Gasteiger partial charge in [-0.2, -0.15) is 0 Å². The van der Waals surface area contributed by atoms with E-state index in [1.165, 1.54) is 12.0 Å². The van der Waals surface area contributed by atoms with Crippen LogP contribution in [0.2, 0.25) is 5.02 Å². The first kappa shape index (κ1) is 22.7. The molecule has 4 rings (SSSR count). The molecule has 6 atom stereocenters. The standard InChI is InChI=1S/C24H29ClO6/c25-18-9-8-16(24-23(29)22(28)21(27)20(13-26)31-24)12-17(18)11-14-4-6-15(7-5-14)19-3-1-2-10-30-19/h4-9,12,19-24,26-29H,1-3,10-11,13H2/t19?,20-,21-,22+,23-,24+/m1/s1. The Kier molecular flexibility index (Phi) is 7.29. The van der Waals surface area contributed by atoms with Crippen molar-refractivity contribution in [1.29, 1.82) is 0 Å². The van der Waals surface area contributed by atoms with E-state index in [-0.39, 0.29) is 6.10 Å². The van der Waals surface area contributed by atoms with Crippen molar-refractivity contribution in [2.75, 3.05) is 13.2 Å². The van der Waals surface area contributed by atoms with Gasteiger partial charge in [0.25, 0.3) is 0 Å². The third kappa shape index (κ3) is 4.96. The van der Waals surface area contributed by atoms with E-state index in [0.717, 1.165) is 30.6 Å². The summed E-state index contributed by atoms with van der Waals surface area (Å²) in [4.78, 5) is 0. The largest absolute Gasteiger partial charge is 0.394 e. The zero-order valence-electron chi connectivity index (χ0n) is 17.2. The fourth-order valence-electron chi connectivity index (χ4n) is 4.36. The topological polar surface area (TPSA) is 99.4 Å². The normalized spacial score (nSPS) is 31.5. The van der Waals surface area contributed by atoms with Crippen molar-refractivity contribution in [2.24, 2.45) is 0 Å². The van der Waals surface area contributed by atoms with Gasteiger partial charge >= 0.3 is 0 Å². The average Bonchev–Trinajstić information content (AvgIpc) is 2.80. The minimum Gasteiger partial charge on any atom is -0.394 e. The Labute approximate surface area is 187 Å². The van der Waals surface area contributed by atoms with Crippen molar-refractivity contribution in [3.8, 4) is 0 Å². The van der Waals surface area contributed by atoms with E-state index in [1.54, 1.807) is 12.1 Å². The molecule has 0 saturated carbocycles. The highest BCUT2D eigenvalue weighted by Crippen LogP contribution is 2.35. The molecule has 7 heteroatoms. The van der Waals surface area contributed by atoms with E-state index in [0.29, 0.717) is 17.0 Å². The van der Waals surface area contributed by atoms with E-state index in [9.17, 15) is 20.4 Å². The molecule has 31 heavy (non-hydrogen) atoms. The van der Waals surface area contributed by atoms with Gasteiger partial charge in [-0.05, 0) is 54.0 Å². The first-order chi connectivity index (χ1) is 15.0. The number of hydrogen-bond donors (Lipinski definition) is 4. The molecule has 0 bridgehead atoms. The summed E-state index contributed by atoms with van der Waals surface area (Å²) < 4.78 is 11.5. The Bertz CT molecular complexity index is 865. The molecule has 2 heterocycles.